The summed E-state index contributed by atoms with van der Waals surface area (Å²) in [7, 11) is 0. The lowest BCUT2D eigenvalue weighted by molar-refractivity contribution is -0.169. The SMILES string of the molecule is CCOC(=O)C1(CSc2ncc[nH]2)OC(=O)C(O)=C1Sc1ncc[nH]1. The van der Waals surface area contributed by atoms with Gasteiger partial charge in [-0.25, -0.2) is 19.6 Å². The average molecular weight is 382 g/mol. The van der Waals surface area contributed by atoms with E-state index in [4.69, 9.17) is 9.47 Å². The molecule has 3 N–H and O–H groups in total. The van der Waals surface area contributed by atoms with Crippen LogP contribution in [0.5, 0.6) is 0 Å². The van der Waals surface area contributed by atoms with E-state index in [1.54, 1.807) is 25.5 Å². The van der Waals surface area contributed by atoms with Crippen LogP contribution in [-0.2, 0) is 19.1 Å². The van der Waals surface area contributed by atoms with E-state index in [-0.39, 0.29) is 17.3 Å². The maximum atomic E-state index is 12.6. The number of cyclic esters (lactones) is 1. The Bertz CT molecular complexity index is 790. The Labute approximate surface area is 150 Å². The van der Waals surface area contributed by atoms with Crippen LogP contribution < -0.4 is 0 Å². The molecule has 132 valence electrons. The standard InChI is InChI=1S/C14H14N4O5S2/c1-2-22-11(21)14(7-24-12-15-3-4-16-12)9(8(19)10(20)23-14)25-13-17-5-6-18-13/h3-6,19H,2,7H2,1H3,(H,15,16)(H,17,18). The molecular weight excluding hydrogens is 368 g/mol. The Morgan fingerprint density at radius 3 is 2.60 bits per heavy atom. The summed E-state index contributed by atoms with van der Waals surface area (Å²) in [5, 5.41) is 11.1. The van der Waals surface area contributed by atoms with E-state index in [1.807, 2.05) is 0 Å². The minimum atomic E-state index is -1.77. The molecule has 3 heterocycles. The molecular formula is C14H14N4O5S2. The van der Waals surface area contributed by atoms with Crippen molar-refractivity contribution in [1.29, 1.82) is 0 Å². The second-order valence-electron chi connectivity index (χ2n) is 4.79. The van der Waals surface area contributed by atoms with Crippen molar-refractivity contribution in [1.82, 2.24) is 19.9 Å². The molecule has 1 unspecified atom stereocenters. The van der Waals surface area contributed by atoms with E-state index in [0.717, 1.165) is 23.5 Å². The van der Waals surface area contributed by atoms with E-state index < -0.39 is 23.3 Å². The number of ether oxygens (including phenoxy) is 2. The maximum absolute atomic E-state index is 12.6. The Hall–Kier alpha value is -2.40. The van der Waals surface area contributed by atoms with Gasteiger partial charge in [-0.1, -0.05) is 11.8 Å². The zero-order valence-corrected chi connectivity index (χ0v) is 14.6. The third-order valence-corrected chi connectivity index (χ3v) is 5.40. The van der Waals surface area contributed by atoms with E-state index in [2.05, 4.69) is 19.9 Å². The predicted octanol–water partition coefficient (Wildman–Crippen LogP) is 1.65. The van der Waals surface area contributed by atoms with Gasteiger partial charge in [0, 0.05) is 24.8 Å². The van der Waals surface area contributed by atoms with E-state index in [0.29, 0.717) is 10.3 Å². The van der Waals surface area contributed by atoms with Crippen molar-refractivity contribution < 1.29 is 24.2 Å². The van der Waals surface area contributed by atoms with Gasteiger partial charge < -0.3 is 24.5 Å². The van der Waals surface area contributed by atoms with Gasteiger partial charge in [0.25, 0.3) is 5.60 Å². The molecule has 3 rings (SSSR count). The Morgan fingerprint density at radius 1 is 1.32 bits per heavy atom. The lowest BCUT2D eigenvalue weighted by atomic mass is 10.1. The summed E-state index contributed by atoms with van der Waals surface area (Å²) in [6.45, 7) is 1.74. The molecule has 11 heteroatoms. The van der Waals surface area contributed by atoms with Crippen molar-refractivity contribution in [3.05, 3.63) is 35.5 Å². The molecule has 0 amide bonds. The molecule has 9 nitrogen and oxygen atoms in total. The third-order valence-electron chi connectivity index (χ3n) is 3.20. The predicted molar refractivity (Wildman–Crippen MR) is 88.9 cm³/mol. The van der Waals surface area contributed by atoms with Gasteiger partial charge in [0.1, 0.15) is 0 Å². The fourth-order valence-electron chi connectivity index (χ4n) is 2.11. The lowest BCUT2D eigenvalue weighted by Gasteiger charge is -2.26. The highest BCUT2D eigenvalue weighted by atomic mass is 32.2. The molecule has 0 bridgehead atoms. The summed E-state index contributed by atoms with van der Waals surface area (Å²) in [5.74, 6) is -2.39. The number of imidazole rings is 2. The summed E-state index contributed by atoms with van der Waals surface area (Å²) in [6.07, 6.45) is 6.29. The van der Waals surface area contributed by atoms with Crippen LogP contribution >= 0.6 is 23.5 Å². The van der Waals surface area contributed by atoms with Crippen LogP contribution in [0, 0.1) is 0 Å². The number of aliphatic hydroxyl groups excluding tert-OH is 1. The number of carbonyl (C=O) groups excluding carboxylic acids is 2. The first kappa shape index (κ1) is 17.4. The van der Waals surface area contributed by atoms with Crippen LogP contribution in [0.1, 0.15) is 6.92 Å². The Balaban J connectivity index is 1.95. The number of aromatic nitrogens is 4. The number of thioether (sulfide) groups is 2. The van der Waals surface area contributed by atoms with Crippen molar-refractivity contribution in [2.45, 2.75) is 22.8 Å². The topological polar surface area (TPSA) is 130 Å². The second kappa shape index (κ2) is 7.23. The summed E-state index contributed by atoms with van der Waals surface area (Å²) in [4.78, 5) is 38.5. The number of aromatic amines is 2. The molecule has 25 heavy (non-hydrogen) atoms. The van der Waals surface area contributed by atoms with Crippen molar-refractivity contribution >= 4 is 35.5 Å². The van der Waals surface area contributed by atoms with Crippen LogP contribution in [0.3, 0.4) is 0 Å². The molecule has 0 spiro atoms. The zero-order chi connectivity index (χ0) is 17.9. The van der Waals surface area contributed by atoms with Gasteiger partial charge in [0.15, 0.2) is 10.3 Å². The molecule has 0 radical (unpaired) electrons. The first-order chi connectivity index (χ1) is 12.1. The normalized spacial score (nSPS) is 20.0. The van der Waals surface area contributed by atoms with Gasteiger partial charge in [-0.15, -0.1) is 0 Å². The number of hydrogen-bond acceptors (Lipinski definition) is 9. The number of aliphatic hydroxyl groups is 1. The van der Waals surface area contributed by atoms with Gasteiger partial charge in [0.05, 0.1) is 17.3 Å². The van der Waals surface area contributed by atoms with Gasteiger partial charge in [-0.2, -0.15) is 0 Å². The van der Waals surface area contributed by atoms with Gasteiger partial charge in [-0.05, 0) is 18.7 Å². The fraction of sp³-hybridized carbons (Fsp3) is 0.286. The molecule has 1 aliphatic heterocycles. The highest BCUT2D eigenvalue weighted by Crippen LogP contribution is 2.45. The molecule has 0 saturated carbocycles. The van der Waals surface area contributed by atoms with Crippen molar-refractivity contribution in [2.24, 2.45) is 0 Å². The molecule has 0 fully saturated rings. The monoisotopic (exact) mass is 382 g/mol. The zero-order valence-electron chi connectivity index (χ0n) is 13.0. The second-order valence-corrected chi connectivity index (χ2v) is 6.76. The maximum Gasteiger partial charge on any atom is 0.375 e. The summed E-state index contributed by atoms with van der Waals surface area (Å²) < 4.78 is 10.4. The van der Waals surface area contributed by atoms with Gasteiger partial charge >= 0.3 is 11.9 Å². The van der Waals surface area contributed by atoms with Crippen molar-refractivity contribution in [2.75, 3.05) is 12.4 Å². The van der Waals surface area contributed by atoms with Crippen molar-refractivity contribution in [3.8, 4) is 0 Å². The number of nitrogens with one attached hydrogen (secondary N) is 2. The summed E-state index contributed by atoms with van der Waals surface area (Å²) in [5.41, 5.74) is -1.77. The number of carbonyl (C=O) groups is 2. The summed E-state index contributed by atoms with van der Waals surface area (Å²) >= 11 is 2.10. The molecule has 1 aliphatic rings. The lowest BCUT2D eigenvalue weighted by Crippen LogP contribution is -2.44. The Morgan fingerprint density at radius 2 is 2.00 bits per heavy atom. The van der Waals surface area contributed by atoms with E-state index >= 15 is 0 Å². The third kappa shape index (κ3) is 3.37. The van der Waals surface area contributed by atoms with Crippen LogP contribution in [0.4, 0.5) is 0 Å². The smallest absolute Gasteiger partial charge is 0.375 e. The number of rotatable bonds is 7. The van der Waals surface area contributed by atoms with Crippen LogP contribution in [0.25, 0.3) is 0 Å². The van der Waals surface area contributed by atoms with Crippen LogP contribution in [0.15, 0.2) is 45.8 Å². The minimum absolute atomic E-state index is 0.0157. The number of H-pyrrole nitrogens is 2. The molecule has 0 aromatic carbocycles. The molecule has 0 saturated heterocycles. The number of esters is 2. The molecule has 2 aromatic heterocycles. The van der Waals surface area contributed by atoms with Crippen LogP contribution in [0.2, 0.25) is 0 Å². The largest absolute Gasteiger partial charge is 0.501 e. The van der Waals surface area contributed by atoms with Gasteiger partial charge in [0.2, 0.25) is 5.76 Å². The highest BCUT2D eigenvalue weighted by molar-refractivity contribution is 8.03. The number of hydrogen-bond donors (Lipinski definition) is 3. The molecule has 0 aliphatic carbocycles. The highest BCUT2D eigenvalue weighted by Gasteiger charge is 2.56. The first-order valence-electron chi connectivity index (χ1n) is 7.20. The minimum Gasteiger partial charge on any atom is -0.501 e. The fourth-order valence-corrected chi connectivity index (χ4v) is 4.12. The quantitative estimate of drug-likeness (QED) is 0.483. The van der Waals surface area contributed by atoms with Crippen LogP contribution in [-0.4, -0.2) is 54.9 Å². The van der Waals surface area contributed by atoms with Gasteiger partial charge in [-0.3, -0.25) is 0 Å². The Kier molecular flexibility index (Phi) is 5.04. The van der Waals surface area contributed by atoms with E-state index in [9.17, 15) is 14.7 Å². The molecule has 1 atom stereocenters. The van der Waals surface area contributed by atoms with E-state index in [1.165, 1.54) is 6.20 Å². The average Bonchev–Trinajstić information content (AvgIpc) is 3.32. The summed E-state index contributed by atoms with van der Waals surface area (Å²) in [6, 6.07) is 0. The first-order valence-corrected chi connectivity index (χ1v) is 9.00. The van der Waals surface area contributed by atoms with Crippen molar-refractivity contribution in [3.63, 3.8) is 0 Å². The number of nitrogens with zero attached hydrogens (tertiary/aromatic N) is 2. The molecule has 2 aromatic rings.